The van der Waals surface area contributed by atoms with Crippen LogP contribution in [-0.4, -0.2) is 16.3 Å². The van der Waals surface area contributed by atoms with E-state index in [0.29, 0.717) is 10.6 Å². The maximum Gasteiger partial charge on any atom is 0.317 e. The van der Waals surface area contributed by atoms with Gasteiger partial charge < -0.3 is 10.8 Å². The first-order valence-electron chi connectivity index (χ1n) is 5.02. The highest BCUT2D eigenvalue weighted by Gasteiger charge is 2.36. The predicted octanol–water partition coefficient (Wildman–Crippen LogP) is 2.36. The molecule has 2 rings (SSSR count). The van der Waals surface area contributed by atoms with E-state index < -0.39 is 17.0 Å². The summed E-state index contributed by atoms with van der Waals surface area (Å²) in [6.07, 6.45) is 1.88. The van der Waals surface area contributed by atoms with Crippen LogP contribution < -0.4 is 5.73 Å². The SMILES string of the molecule is Nc1cc(F)cc(SC(C(=O)O)C2CC2)c1. The third kappa shape index (κ3) is 2.66. The summed E-state index contributed by atoms with van der Waals surface area (Å²) in [6.45, 7) is 0. The third-order valence-corrected chi connectivity index (χ3v) is 3.80. The maximum absolute atomic E-state index is 13.1. The molecule has 0 saturated heterocycles. The Kier molecular flexibility index (Phi) is 3.05. The number of rotatable bonds is 4. The van der Waals surface area contributed by atoms with E-state index >= 15 is 0 Å². The monoisotopic (exact) mass is 241 g/mol. The molecule has 16 heavy (non-hydrogen) atoms. The second-order valence-electron chi connectivity index (χ2n) is 3.93. The van der Waals surface area contributed by atoms with Crippen LogP contribution in [0.25, 0.3) is 0 Å². The van der Waals surface area contributed by atoms with Gasteiger partial charge in [-0.05, 0) is 37.0 Å². The van der Waals surface area contributed by atoms with E-state index in [1.165, 1.54) is 23.9 Å². The summed E-state index contributed by atoms with van der Waals surface area (Å²) in [6, 6.07) is 4.14. The molecule has 1 atom stereocenters. The van der Waals surface area contributed by atoms with Crippen LogP contribution >= 0.6 is 11.8 Å². The molecule has 0 aliphatic heterocycles. The summed E-state index contributed by atoms with van der Waals surface area (Å²) in [4.78, 5) is 11.6. The first kappa shape index (κ1) is 11.3. The molecule has 3 N–H and O–H groups in total. The molecule has 3 nitrogen and oxygen atoms in total. The van der Waals surface area contributed by atoms with E-state index in [1.54, 1.807) is 6.07 Å². The van der Waals surface area contributed by atoms with Gasteiger partial charge in [0.2, 0.25) is 0 Å². The second-order valence-corrected chi connectivity index (χ2v) is 5.15. The van der Waals surface area contributed by atoms with Crippen LogP contribution in [0.15, 0.2) is 23.1 Å². The molecule has 0 radical (unpaired) electrons. The van der Waals surface area contributed by atoms with Gasteiger partial charge in [-0.1, -0.05) is 0 Å². The summed E-state index contributed by atoms with van der Waals surface area (Å²) in [5.74, 6) is -1.05. The Hall–Kier alpha value is -1.23. The van der Waals surface area contributed by atoms with E-state index in [4.69, 9.17) is 10.8 Å². The fraction of sp³-hybridized carbons (Fsp3) is 0.364. The molecular weight excluding hydrogens is 229 g/mol. The molecule has 86 valence electrons. The Morgan fingerprint density at radius 1 is 1.50 bits per heavy atom. The van der Waals surface area contributed by atoms with Gasteiger partial charge in [0.15, 0.2) is 0 Å². The van der Waals surface area contributed by atoms with Crippen LogP contribution in [0.2, 0.25) is 0 Å². The molecular formula is C11H12FNO2S. The summed E-state index contributed by atoms with van der Waals surface area (Å²) >= 11 is 1.18. The predicted molar refractivity (Wildman–Crippen MR) is 60.8 cm³/mol. The van der Waals surface area contributed by atoms with Crippen molar-refractivity contribution in [2.75, 3.05) is 5.73 Å². The molecule has 5 heteroatoms. The fourth-order valence-electron chi connectivity index (χ4n) is 1.55. The van der Waals surface area contributed by atoms with E-state index in [0.717, 1.165) is 12.8 Å². The van der Waals surface area contributed by atoms with Crippen molar-refractivity contribution in [2.45, 2.75) is 23.0 Å². The fourth-order valence-corrected chi connectivity index (χ4v) is 2.79. The molecule has 0 aromatic heterocycles. The highest BCUT2D eigenvalue weighted by molar-refractivity contribution is 8.00. The normalized spacial score (nSPS) is 17.1. The topological polar surface area (TPSA) is 63.3 Å². The number of carbonyl (C=O) groups is 1. The van der Waals surface area contributed by atoms with Crippen molar-refractivity contribution in [3.63, 3.8) is 0 Å². The molecule has 1 aliphatic carbocycles. The highest BCUT2D eigenvalue weighted by atomic mass is 32.2. The van der Waals surface area contributed by atoms with Crippen molar-refractivity contribution in [1.29, 1.82) is 0 Å². The summed E-state index contributed by atoms with van der Waals surface area (Å²) in [7, 11) is 0. The van der Waals surface area contributed by atoms with Crippen molar-refractivity contribution in [2.24, 2.45) is 5.92 Å². The standard InChI is InChI=1S/C11H12FNO2S/c12-7-3-8(13)5-9(4-7)16-10(11(14)15)6-1-2-6/h3-6,10H,1-2,13H2,(H,14,15). The van der Waals surface area contributed by atoms with Gasteiger partial charge in [-0.15, -0.1) is 11.8 Å². The molecule has 1 aromatic carbocycles. The zero-order valence-corrected chi connectivity index (χ0v) is 9.34. The second kappa shape index (κ2) is 4.33. The molecule has 0 spiro atoms. The quantitative estimate of drug-likeness (QED) is 0.627. The average molecular weight is 241 g/mol. The smallest absolute Gasteiger partial charge is 0.317 e. The number of carboxylic acids is 1. The number of benzene rings is 1. The van der Waals surface area contributed by atoms with Crippen molar-refractivity contribution >= 4 is 23.4 Å². The number of nitrogens with two attached hydrogens (primary N) is 1. The van der Waals surface area contributed by atoms with Gasteiger partial charge in [-0.2, -0.15) is 0 Å². The van der Waals surface area contributed by atoms with E-state index in [1.807, 2.05) is 0 Å². The lowest BCUT2D eigenvalue weighted by atomic mass is 10.3. The van der Waals surface area contributed by atoms with Crippen LogP contribution in [0, 0.1) is 11.7 Å². The summed E-state index contributed by atoms with van der Waals surface area (Å²) < 4.78 is 13.1. The average Bonchev–Trinajstić information content (AvgIpc) is 2.95. The lowest BCUT2D eigenvalue weighted by Crippen LogP contribution is -2.18. The Balaban J connectivity index is 2.14. The number of carboxylic acid groups (broad SMARTS) is 1. The van der Waals surface area contributed by atoms with Crippen LogP contribution in [0.5, 0.6) is 0 Å². The number of aliphatic carboxylic acids is 1. The van der Waals surface area contributed by atoms with Gasteiger partial charge in [0.05, 0.1) is 0 Å². The molecule has 0 amide bonds. The van der Waals surface area contributed by atoms with E-state index in [9.17, 15) is 9.18 Å². The number of anilines is 1. The molecule has 0 heterocycles. The molecule has 1 fully saturated rings. The van der Waals surface area contributed by atoms with Gasteiger partial charge in [0.25, 0.3) is 0 Å². The lowest BCUT2D eigenvalue weighted by molar-refractivity contribution is -0.136. The first-order chi connectivity index (χ1) is 7.56. The van der Waals surface area contributed by atoms with Crippen molar-refractivity contribution in [3.8, 4) is 0 Å². The minimum Gasteiger partial charge on any atom is -0.480 e. The van der Waals surface area contributed by atoms with Gasteiger partial charge in [0, 0.05) is 10.6 Å². The van der Waals surface area contributed by atoms with Crippen LogP contribution in [0.3, 0.4) is 0 Å². The number of thioether (sulfide) groups is 1. The van der Waals surface area contributed by atoms with Crippen molar-refractivity contribution < 1.29 is 14.3 Å². The lowest BCUT2D eigenvalue weighted by Gasteiger charge is -2.11. The van der Waals surface area contributed by atoms with Crippen LogP contribution in [-0.2, 0) is 4.79 Å². The van der Waals surface area contributed by atoms with Gasteiger partial charge in [-0.25, -0.2) is 4.39 Å². The molecule has 1 aromatic rings. The Labute approximate surface area is 96.8 Å². The van der Waals surface area contributed by atoms with Crippen molar-refractivity contribution in [3.05, 3.63) is 24.0 Å². The molecule has 1 saturated carbocycles. The molecule has 0 bridgehead atoms. The highest BCUT2D eigenvalue weighted by Crippen LogP contribution is 2.42. The minimum atomic E-state index is -0.838. The summed E-state index contributed by atoms with van der Waals surface area (Å²) in [5, 5.41) is 8.55. The number of halogens is 1. The first-order valence-corrected chi connectivity index (χ1v) is 5.90. The third-order valence-electron chi connectivity index (χ3n) is 2.45. The van der Waals surface area contributed by atoms with Gasteiger partial charge in [0.1, 0.15) is 11.1 Å². The zero-order chi connectivity index (χ0) is 11.7. The molecule has 1 aliphatic rings. The van der Waals surface area contributed by atoms with Gasteiger partial charge in [-0.3, -0.25) is 4.79 Å². The maximum atomic E-state index is 13.1. The molecule has 1 unspecified atom stereocenters. The van der Waals surface area contributed by atoms with Crippen LogP contribution in [0.1, 0.15) is 12.8 Å². The van der Waals surface area contributed by atoms with Crippen LogP contribution in [0.4, 0.5) is 10.1 Å². The van der Waals surface area contributed by atoms with E-state index in [2.05, 4.69) is 0 Å². The number of hydrogen-bond donors (Lipinski definition) is 2. The minimum absolute atomic E-state index is 0.215. The number of hydrogen-bond acceptors (Lipinski definition) is 3. The zero-order valence-electron chi connectivity index (χ0n) is 8.52. The van der Waals surface area contributed by atoms with E-state index in [-0.39, 0.29) is 5.92 Å². The Bertz CT molecular complexity index is 400. The Morgan fingerprint density at radius 2 is 2.19 bits per heavy atom. The largest absolute Gasteiger partial charge is 0.480 e. The summed E-state index contributed by atoms with van der Waals surface area (Å²) in [5.41, 5.74) is 5.82. The van der Waals surface area contributed by atoms with Gasteiger partial charge >= 0.3 is 5.97 Å². The number of nitrogen functional groups attached to an aromatic ring is 1. The Morgan fingerprint density at radius 3 is 2.69 bits per heavy atom. The van der Waals surface area contributed by atoms with Crippen molar-refractivity contribution in [1.82, 2.24) is 0 Å².